The van der Waals surface area contributed by atoms with Crippen LogP contribution in [0.3, 0.4) is 0 Å². The number of aromatic amines is 1. The fourth-order valence-electron chi connectivity index (χ4n) is 3.00. The first-order chi connectivity index (χ1) is 11.2. The number of likely N-dealkylation sites (tertiary alicyclic amines) is 1. The number of nitrogens with zero attached hydrogens (tertiary/aromatic N) is 3. The summed E-state index contributed by atoms with van der Waals surface area (Å²) in [5, 5.41) is 7.15. The summed E-state index contributed by atoms with van der Waals surface area (Å²) in [4.78, 5) is 6.62. The topological polar surface area (TPSA) is 54.0 Å². The molecule has 1 aromatic carbocycles. The SMILES string of the molecule is COCc1nc([C@H]2CCCCN2Cc2ccc(F)cc2F)n[nH]1. The van der Waals surface area contributed by atoms with E-state index < -0.39 is 11.6 Å². The summed E-state index contributed by atoms with van der Waals surface area (Å²) < 4.78 is 32.0. The van der Waals surface area contributed by atoms with Gasteiger partial charge in [-0.2, -0.15) is 5.10 Å². The Labute approximate surface area is 133 Å². The molecule has 5 nitrogen and oxygen atoms in total. The Balaban J connectivity index is 1.77. The summed E-state index contributed by atoms with van der Waals surface area (Å²) in [6.45, 7) is 1.65. The highest BCUT2D eigenvalue weighted by molar-refractivity contribution is 5.19. The van der Waals surface area contributed by atoms with Crippen LogP contribution in [0.5, 0.6) is 0 Å². The molecule has 23 heavy (non-hydrogen) atoms. The molecule has 0 saturated carbocycles. The number of hydrogen-bond acceptors (Lipinski definition) is 4. The summed E-state index contributed by atoms with van der Waals surface area (Å²) in [5.41, 5.74) is 0.492. The molecule has 1 saturated heterocycles. The molecular weight excluding hydrogens is 302 g/mol. The Hall–Kier alpha value is -1.86. The number of ether oxygens (including phenoxy) is 1. The third kappa shape index (κ3) is 3.73. The van der Waals surface area contributed by atoms with E-state index in [-0.39, 0.29) is 6.04 Å². The molecule has 1 N–H and O–H groups in total. The lowest BCUT2D eigenvalue weighted by atomic mass is 10.0. The number of halogens is 2. The smallest absolute Gasteiger partial charge is 0.167 e. The van der Waals surface area contributed by atoms with Gasteiger partial charge in [-0.15, -0.1) is 0 Å². The van der Waals surface area contributed by atoms with E-state index in [4.69, 9.17) is 4.74 Å². The van der Waals surface area contributed by atoms with E-state index >= 15 is 0 Å². The quantitative estimate of drug-likeness (QED) is 0.919. The number of methoxy groups -OCH3 is 1. The first kappa shape index (κ1) is 16.0. The molecule has 0 aliphatic carbocycles. The summed E-state index contributed by atoms with van der Waals surface area (Å²) >= 11 is 0. The monoisotopic (exact) mass is 322 g/mol. The van der Waals surface area contributed by atoms with Crippen molar-refractivity contribution in [3.05, 3.63) is 47.0 Å². The van der Waals surface area contributed by atoms with Crippen LogP contribution in [0.2, 0.25) is 0 Å². The van der Waals surface area contributed by atoms with Gasteiger partial charge < -0.3 is 4.74 Å². The van der Waals surface area contributed by atoms with Gasteiger partial charge in [0.1, 0.15) is 18.2 Å². The van der Waals surface area contributed by atoms with Crippen LogP contribution in [0.4, 0.5) is 8.78 Å². The largest absolute Gasteiger partial charge is 0.377 e. The number of piperidine rings is 1. The Morgan fingerprint density at radius 1 is 1.35 bits per heavy atom. The standard InChI is InChI=1S/C16H20F2N4O/c1-23-10-15-19-16(21-20-15)14-4-2-3-7-22(14)9-11-5-6-12(17)8-13(11)18/h5-6,8,14H,2-4,7,9-10H2,1H3,(H,19,20,21)/t14-/m1/s1. The molecule has 0 spiro atoms. The number of rotatable bonds is 5. The van der Waals surface area contributed by atoms with Crippen LogP contribution < -0.4 is 0 Å². The molecule has 1 fully saturated rings. The van der Waals surface area contributed by atoms with E-state index in [2.05, 4.69) is 20.1 Å². The van der Waals surface area contributed by atoms with Gasteiger partial charge in [-0.1, -0.05) is 12.5 Å². The van der Waals surface area contributed by atoms with E-state index in [0.717, 1.165) is 31.9 Å². The van der Waals surface area contributed by atoms with Gasteiger partial charge in [0, 0.05) is 25.3 Å². The molecular formula is C16H20F2N4O. The van der Waals surface area contributed by atoms with Gasteiger partial charge in [-0.3, -0.25) is 10.00 Å². The lowest BCUT2D eigenvalue weighted by molar-refractivity contribution is 0.132. The molecule has 1 aliphatic heterocycles. The van der Waals surface area contributed by atoms with E-state index in [9.17, 15) is 8.78 Å². The van der Waals surface area contributed by atoms with Crippen molar-refractivity contribution in [1.82, 2.24) is 20.1 Å². The van der Waals surface area contributed by atoms with Crippen LogP contribution in [0.15, 0.2) is 18.2 Å². The van der Waals surface area contributed by atoms with Crippen molar-refractivity contribution in [1.29, 1.82) is 0 Å². The van der Waals surface area contributed by atoms with Crippen LogP contribution in [-0.4, -0.2) is 33.7 Å². The fraction of sp³-hybridized carbons (Fsp3) is 0.500. The summed E-state index contributed by atoms with van der Waals surface area (Å²) in [6.07, 6.45) is 3.06. The second kappa shape index (κ2) is 7.14. The van der Waals surface area contributed by atoms with Crippen molar-refractivity contribution < 1.29 is 13.5 Å². The maximum atomic E-state index is 13.9. The highest BCUT2D eigenvalue weighted by Crippen LogP contribution is 2.30. The van der Waals surface area contributed by atoms with Crippen molar-refractivity contribution in [3.63, 3.8) is 0 Å². The molecule has 2 aromatic rings. The molecule has 0 bridgehead atoms. The lowest BCUT2D eigenvalue weighted by Crippen LogP contribution is -2.33. The average Bonchev–Trinajstić information content (AvgIpc) is 2.99. The number of hydrogen-bond donors (Lipinski definition) is 1. The number of aromatic nitrogens is 3. The first-order valence-corrected chi connectivity index (χ1v) is 7.75. The lowest BCUT2D eigenvalue weighted by Gasteiger charge is -2.34. The van der Waals surface area contributed by atoms with Crippen LogP contribution in [0.1, 0.15) is 42.5 Å². The second-order valence-corrected chi connectivity index (χ2v) is 5.79. The first-order valence-electron chi connectivity index (χ1n) is 7.75. The van der Waals surface area contributed by atoms with E-state index in [1.165, 1.54) is 12.1 Å². The number of nitrogens with one attached hydrogen (secondary N) is 1. The van der Waals surface area contributed by atoms with Crippen molar-refractivity contribution in [2.24, 2.45) is 0 Å². The van der Waals surface area contributed by atoms with Crippen molar-refractivity contribution in [2.75, 3.05) is 13.7 Å². The predicted octanol–water partition coefficient (Wildman–Crippen LogP) is 2.96. The molecule has 1 atom stereocenters. The zero-order valence-corrected chi connectivity index (χ0v) is 13.1. The molecule has 0 unspecified atom stereocenters. The van der Waals surface area contributed by atoms with Crippen LogP contribution in [-0.2, 0) is 17.9 Å². The third-order valence-corrected chi connectivity index (χ3v) is 4.13. The summed E-state index contributed by atoms with van der Waals surface area (Å²) in [7, 11) is 1.60. The maximum Gasteiger partial charge on any atom is 0.167 e. The van der Waals surface area contributed by atoms with Gasteiger partial charge >= 0.3 is 0 Å². The normalized spacial score (nSPS) is 19.2. The number of benzene rings is 1. The zero-order valence-electron chi connectivity index (χ0n) is 13.1. The van der Waals surface area contributed by atoms with Crippen LogP contribution >= 0.6 is 0 Å². The maximum absolute atomic E-state index is 13.9. The average molecular weight is 322 g/mol. The van der Waals surface area contributed by atoms with Crippen molar-refractivity contribution >= 4 is 0 Å². The van der Waals surface area contributed by atoms with Crippen molar-refractivity contribution in [2.45, 2.75) is 38.5 Å². The van der Waals surface area contributed by atoms with E-state index in [1.54, 1.807) is 7.11 Å². The molecule has 7 heteroatoms. The Morgan fingerprint density at radius 2 is 2.22 bits per heavy atom. The van der Waals surface area contributed by atoms with Gasteiger partial charge in [-0.25, -0.2) is 13.8 Å². The summed E-state index contributed by atoms with van der Waals surface area (Å²) in [6, 6.07) is 3.76. The predicted molar refractivity (Wildman–Crippen MR) is 80.5 cm³/mol. The highest BCUT2D eigenvalue weighted by Gasteiger charge is 2.28. The fourth-order valence-corrected chi connectivity index (χ4v) is 3.00. The van der Waals surface area contributed by atoms with Gasteiger partial charge in [-0.05, 0) is 25.5 Å². The molecule has 3 rings (SSSR count). The van der Waals surface area contributed by atoms with Gasteiger partial charge in [0.2, 0.25) is 0 Å². The Bertz CT molecular complexity index is 661. The molecule has 0 amide bonds. The highest BCUT2D eigenvalue weighted by atomic mass is 19.1. The van der Waals surface area contributed by atoms with E-state index in [0.29, 0.717) is 30.4 Å². The molecule has 1 aromatic heterocycles. The Kier molecular flexibility index (Phi) is 4.97. The van der Waals surface area contributed by atoms with Gasteiger partial charge in [0.25, 0.3) is 0 Å². The molecule has 124 valence electrons. The minimum atomic E-state index is -0.556. The van der Waals surface area contributed by atoms with E-state index in [1.807, 2.05) is 0 Å². The zero-order chi connectivity index (χ0) is 16.2. The third-order valence-electron chi connectivity index (χ3n) is 4.13. The van der Waals surface area contributed by atoms with Crippen LogP contribution in [0, 0.1) is 11.6 Å². The van der Waals surface area contributed by atoms with Gasteiger partial charge in [0.15, 0.2) is 11.6 Å². The minimum absolute atomic E-state index is 0.0371. The Morgan fingerprint density at radius 3 is 3.00 bits per heavy atom. The van der Waals surface area contributed by atoms with Crippen LogP contribution in [0.25, 0.3) is 0 Å². The molecule has 0 radical (unpaired) electrons. The van der Waals surface area contributed by atoms with Crippen molar-refractivity contribution in [3.8, 4) is 0 Å². The summed E-state index contributed by atoms with van der Waals surface area (Å²) in [5.74, 6) is 0.323. The minimum Gasteiger partial charge on any atom is -0.377 e. The second-order valence-electron chi connectivity index (χ2n) is 5.79. The number of H-pyrrole nitrogens is 1. The molecule has 2 heterocycles. The molecule has 1 aliphatic rings. The van der Waals surface area contributed by atoms with Gasteiger partial charge in [0.05, 0.1) is 6.04 Å².